The van der Waals surface area contributed by atoms with Gasteiger partial charge in [0.15, 0.2) is 5.96 Å². The number of carbonyl (C=O) groups is 1. The number of ether oxygens (including phenoxy) is 2. The van der Waals surface area contributed by atoms with Crippen LogP contribution in [0.15, 0.2) is 4.99 Å². The highest BCUT2D eigenvalue weighted by Crippen LogP contribution is 2.39. The molecule has 2 aliphatic heterocycles. The summed E-state index contributed by atoms with van der Waals surface area (Å²) in [6, 6.07) is 0.343. The lowest BCUT2D eigenvalue weighted by atomic mass is 9.89. The van der Waals surface area contributed by atoms with Gasteiger partial charge in [0, 0.05) is 52.9 Å². The fraction of sp³-hybridized carbons (Fsp3) is 0.900. The number of hydrogen-bond donors (Lipinski definition) is 2. The molecule has 1 saturated carbocycles. The molecule has 3 aliphatic rings. The largest absolute Gasteiger partial charge is 0.379 e. The topological polar surface area (TPSA) is 78.4 Å². The van der Waals surface area contributed by atoms with Crippen LogP contribution in [0.25, 0.3) is 0 Å². The summed E-state index contributed by atoms with van der Waals surface area (Å²) in [6.07, 6.45) is 6.88. The fourth-order valence-electron chi connectivity index (χ4n) is 4.31. The lowest BCUT2D eigenvalue weighted by molar-refractivity contribution is -0.127. The summed E-state index contributed by atoms with van der Waals surface area (Å²) in [7, 11) is 3.53. The van der Waals surface area contributed by atoms with E-state index in [4.69, 9.17) is 9.47 Å². The minimum atomic E-state index is 0.00789. The third-order valence-corrected chi connectivity index (χ3v) is 6.04. The molecule has 0 radical (unpaired) electrons. The Balaban J connectivity index is 1.53. The molecule has 1 unspecified atom stereocenters. The second-order valence-corrected chi connectivity index (χ2v) is 8.41. The van der Waals surface area contributed by atoms with Gasteiger partial charge in [0.2, 0.25) is 5.91 Å². The van der Waals surface area contributed by atoms with E-state index in [-0.39, 0.29) is 18.1 Å². The number of hydrogen-bond acceptors (Lipinski definition) is 5. The Bertz CT molecular complexity index is 528. The van der Waals surface area contributed by atoms with E-state index in [1.807, 2.05) is 0 Å². The Kier molecular flexibility index (Phi) is 7.93. The molecule has 2 heterocycles. The molecule has 8 nitrogen and oxygen atoms in total. The van der Waals surface area contributed by atoms with Gasteiger partial charge in [0.25, 0.3) is 0 Å². The second kappa shape index (κ2) is 10.4. The van der Waals surface area contributed by atoms with Crippen molar-refractivity contribution >= 4 is 11.9 Å². The van der Waals surface area contributed by atoms with Crippen LogP contribution < -0.4 is 10.6 Å². The van der Waals surface area contributed by atoms with Crippen LogP contribution in [0.4, 0.5) is 0 Å². The van der Waals surface area contributed by atoms with Gasteiger partial charge in [-0.15, -0.1) is 0 Å². The van der Waals surface area contributed by atoms with Crippen LogP contribution in [0, 0.1) is 0 Å². The van der Waals surface area contributed by atoms with E-state index in [9.17, 15) is 4.79 Å². The van der Waals surface area contributed by atoms with Crippen LogP contribution in [0.5, 0.6) is 0 Å². The van der Waals surface area contributed by atoms with Crippen molar-refractivity contribution < 1.29 is 14.3 Å². The Morgan fingerprint density at radius 2 is 1.96 bits per heavy atom. The summed E-state index contributed by atoms with van der Waals surface area (Å²) in [5.74, 6) is 0.747. The molecule has 0 aromatic heterocycles. The molecule has 0 bridgehead atoms. The molecule has 2 N–H and O–H groups in total. The molecule has 8 heteroatoms. The smallest absolute Gasteiger partial charge is 0.243 e. The molecule has 3 rings (SSSR count). The first kappa shape index (κ1) is 21.3. The Hall–Kier alpha value is -1.38. The zero-order valence-corrected chi connectivity index (χ0v) is 17.5. The molecule has 3 fully saturated rings. The van der Waals surface area contributed by atoms with Crippen molar-refractivity contribution in [3.63, 3.8) is 0 Å². The first-order valence-electron chi connectivity index (χ1n) is 10.8. The highest BCUT2D eigenvalue weighted by atomic mass is 16.5. The Labute approximate surface area is 169 Å². The monoisotopic (exact) mass is 395 g/mol. The average molecular weight is 396 g/mol. The van der Waals surface area contributed by atoms with Crippen LogP contribution in [0.1, 0.15) is 38.5 Å². The number of amides is 1. The Morgan fingerprint density at radius 3 is 2.68 bits per heavy atom. The van der Waals surface area contributed by atoms with Crippen molar-refractivity contribution in [2.45, 2.75) is 50.2 Å². The maximum absolute atomic E-state index is 12.0. The molecule has 1 spiro atoms. The molecule has 1 amide bonds. The third kappa shape index (κ3) is 6.32. The lowest BCUT2D eigenvalue weighted by Crippen LogP contribution is -2.52. The van der Waals surface area contributed by atoms with Gasteiger partial charge in [0.1, 0.15) is 6.54 Å². The molecule has 160 valence electrons. The normalized spacial score (nSPS) is 25.6. The predicted octanol–water partition coefficient (Wildman–Crippen LogP) is 0.434. The first-order chi connectivity index (χ1) is 13.6. The van der Waals surface area contributed by atoms with E-state index in [0.29, 0.717) is 6.04 Å². The zero-order chi connectivity index (χ0) is 19.8. The molecule has 1 aliphatic carbocycles. The number of guanidine groups is 1. The minimum absolute atomic E-state index is 0.00789. The van der Waals surface area contributed by atoms with Gasteiger partial charge in [0.05, 0.1) is 18.8 Å². The number of morpholine rings is 1. The van der Waals surface area contributed by atoms with E-state index in [2.05, 4.69) is 20.5 Å². The van der Waals surface area contributed by atoms with Gasteiger partial charge in [-0.2, -0.15) is 0 Å². The van der Waals surface area contributed by atoms with E-state index in [1.165, 1.54) is 25.7 Å². The van der Waals surface area contributed by atoms with Crippen LogP contribution >= 0.6 is 0 Å². The van der Waals surface area contributed by atoms with Crippen molar-refractivity contribution in [3.8, 4) is 0 Å². The fourth-order valence-corrected chi connectivity index (χ4v) is 4.31. The van der Waals surface area contributed by atoms with Crippen LogP contribution in [-0.2, 0) is 14.3 Å². The molecule has 0 aromatic rings. The summed E-state index contributed by atoms with van der Waals surface area (Å²) >= 11 is 0. The van der Waals surface area contributed by atoms with Crippen molar-refractivity contribution in [1.29, 1.82) is 0 Å². The molecular weight excluding hydrogens is 358 g/mol. The summed E-state index contributed by atoms with van der Waals surface area (Å²) in [6.45, 7) is 6.27. The van der Waals surface area contributed by atoms with Gasteiger partial charge < -0.3 is 25.0 Å². The maximum atomic E-state index is 12.0. The SMILES string of the molecule is CN(C)C(=O)CN=C(NCCN1CCOCC1)NC1CCOC2(CCCC2)C1. The van der Waals surface area contributed by atoms with Crippen molar-refractivity contribution in [2.24, 2.45) is 4.99 Å². The highest BCUT2D eigenvalue weighted by molar-refractivity contribution is 5.84. The van der Waals surface area contributed by atoms with Gasteiger partial charge in [-0.25, -0.2) is 4.99 Å². The average Bonchev–Trinajstić information content (AvgIpc) is 3.13. The number of nitrogens with one attached hydrogen (secondary N) is 2. The van der Waals surface area contributed by atoms with E-state index in [0.717, 1.165) is 64.8 Å². The lowest BCUT2D eigenvalue weighted by Gasteiger charge is -2.39. The number of aliphatic imine (C=N–C) groups is 1. The highest BCUT2D eigenvalue weighted by Gasteiger charge is 2.40. The van der Waals surface area contributed by atoms with Crippen molar-refractivity contribution in [3.05, 3.63) is 0 Å². The summed E-state index contributed by atoms with van der Waals surface area (Å²) in [5, 5.41) is 7.02. The maximum Gasteiger partial charge on any atom is 0.243 e. The quantitative estimate of drug-likeness (QED) is 0.502. The molecule has 0 aromatic carbocycles. The van der Waals surface area contributed by atoms with Crippen molar-refractivity contribution in [1.82, 2.24) is 20.4 Å². The van der Waals surface area contributed by atoms with Gasteiger partial charge in [-0.3, -0.25) is 9.69 Å². The minimum Gasteiger partial charge on any atom is -0.379 e. The van der Waals surface area contributed by atoms with E-state index in [1.54, 1.807) is 19.0 Å². The Morgan fingerprint density at radius 1 is 1.21 bits per heavy atom. The summed E-state index contributed by atoms with van der Waals surface area (Å²) < 4.78 is 11.6. The van der Waals surface area contributed by atoms with Crippen LogP contribution in [-0.4, -0.2) is 99.9 Å². The molecular formula is C20H37N5O3. The number of carbonyl (C=O) groups excluding carboxylic acids is 1. The second-order valence-electron chi connectivity index (χ2n) is 8.41. The standard InChI is InChI=1S/C20H37N5O3/c1-24(2)18(26)16-22-19(21-8-9-25-10-13-27-14-11-25)23-17-5-12-28-20(15-17)6-3-4-7-20/h17H,3-16H2,1-2H3,(H2,21,22,23). The molecule has 1 atom stereocenters. The van der Waals surface area contributed by atoms with Gasteiger partial charge >= 0.3 is 0 Å². The molecule has 2 saturated heterocycles. The van der Waals surface area contributed by atoms with E-state index >= 15 is 0 Å². The van der Waals surface area contributed by atoms with Crippen molar-refractivity contribution in [2.75, 3.05) is 66.6 Å². The number of likely N-dealkylation sites (N-methyl/N-ethyl adjacent to an activating group) is 1. The van der Waals surface area contributed by atoms with Crippen LogP contribution in [0.3, 0.4) is 0 Å². The summed E-state index contributed by atoms with van der Waals surface area (Å²) in [5.41, 5.74) is 0.0638. The molecule has 28 heavy (non-hydrogen) atoms. The third-order valence-electron chi connectivity index (χ3n) is 6.04. The van der Waals surface area contributed by atoms with E-state index < -0.39 is 0 Å². The predicted molar refractivity (Wildman–Crippen MR) is 110 cm³/mol. The van der Waals surface area contributed by atoms with Gasteiger partial charge in [-0.05, 0) is 25.7 Å². The number of nitrogens with zero attached hydrogens (tertiary/aromatic N) is 3. The number of rotatable bonds is 6. The zero-order valence-electron chi connectivity index (χ0n) is 17.5. The van der Waals surface area contributed by atoms with Crippen LogP contribution in [0.2, 0.25) is 0 Å². The van der Waals surface area contributed by atoms with Gasteiger partial charge in [-0.1, -0.05) is 12.8 Å². The first-order valence-corrected chi connectivity index (χ1v) is 10.8. The summed E-state index contributed by atoms with van der Waals surface area (Å²) in [4.78, 5) is 20.5.